The summed E-state index contributed by atoms with van der Waals surface area (Å²) < 4.78 is 11.6. The third-order valence-electron chi connectivity index (χ3n) is 4.94. The molecule has 0 atom stereocenters. The van der Waals surface area contributed by atoms with Gasteiger partial charge in [-0.1, -0.05) is 94.1 Å². The molecule has 0 saturated heterocycles. The minimum absolute atomic E-state index is 0.265. The van der Waals surface area contributed by atoms with E-state index in [-0.39, 0.29) is 5.78 Å². The third kappa shape index (κ3) is 11.1. The van der Waals surface area contributed by atoms with E-state index in [4.69, 9.17) is 0 Å². The first-order valence-electron chi connectivity index (χ1n) is 11.8. The number of allylic oxidation sites excluding steroid dienone is 4. The van der Waals surface area contributed by atoms with Gasteiger partial charge in [-0.2, -0.15) is 37.9 Å². The van der Waals surface area contributed by atoms with E-state index in [0.29, 0.717) is 17.3 Å². The second kappa shape index (κ2) is 20.0. The van der Waals surface area contributed by atoms with Crippen LogP contribution in [-0.2, 0) is 4.79 Å². The predicted octanol–water partition coefficient (Wildman–Crippen LogP) is 12.8. The second-order valence-corrected chi connectivity index (χ2v) is 24.0. The molecule has 4 rings (SSSR count). The molecule has 42 heavy (non-hydrogen) atoms. The molecule has 0 radical (unpaired) electrons. The lowest BCUT2D eigenvalue weighted by molar-refractivity contribution is -0.114. The number of Topliss-reactive ketones (excluding diaryl/α,β-unsaturated/α-hetero) is 1. The van der Waals surface area contributed by atoms with E-state index in [1.165, 1.54) is 52.8 Å². The van der Waals surface area contributed by atoms with Crippen molar-refractivity contribution in [3.63, 3.8) is 0 Å². The molecule has 0 fully saturated rings. The van der Waals surface area contributed by atoms with Gasteiger partial charge in [-0.25, -0.2) is 0 Å². The zero-order valence-electron chi connectivity index (χ0n) is 22.4. The summed E-state index contributed by atoms with van der Waals surface area (Å²) in [5.74, 6) is 3.45. The van der Waals surface area contributed by atoms with Crippen LogP contribution in [-0.4, -0.2) is 53.3 Å². The first-order valence-corrected chi connectivity index (χ1v) is 25.9. The summed E-state index contributed by atoms with van der Waals surface area (Å²) in [6.45, 7) is 0. The molecule has 0 N–H and O–H groups in total. The summed E-state index contributed by atoms with van der Waals surface area (Å²) in [4.78, 5) is 16.8. The van der Waals surface area contributed by atoms with Gasteiger partial charge in [0.05, 0.1) is 45.4 Å². The summed E-state index contributed by atoms with van der Waals surface area (Å²) in [6, 6.07) is 0. The Morgan fingerprint density at radius 1 is 0.524 bits per heavy atom. The monoisotopic (exact) mass is 854 g/mol. The Hall–Kier alpha value is 3.19. The van der Waals surface area contributed by atoms with Crippen LogP contribution in [0.15, 0.2) is 77.2 Å². The average Bonchev–Trinajstić information content (AvgIpc) is 3.80. The van der Waals surface area contributed by atoms with Crippen LogP contribution in [0.4, 0.5) is 0 Å². The number of carbonyl (C=O) groups excluding carboxylic acids is 1. The van der Waals surface area contributed by atoms with Crippen molar-refractivity contribution in [1.82, 2.24) is 0 Å². The Kier molecular flexibility index (Phi) is 18.1. The molecule has 4 aliphatic heterocycles. The van der Waals surface area contributed by atoms with Crippen LogP contribution in [0.2, 0.25) is 0 Å². The van der Waals surface area contributed by atoms with E-state index in [2.05, 4.69) is 81.0 Å². The number of hydrogen-bond donors (Lipinski definition) is 3. The van der Waals surface area contributed by atoms with Gasteiger partial charge in [0.25, 0.3) is 0 Å². The Morgan fingerprint density at radius 2 is 0.857 bits per heavy atom. The van der Waals surface area contributed by atoms with E-state index in [1.54, 1.807) is 106 Å². The van der Waals surface area contributed by atoms with Crippen LogP contribution in [0.25, 0.3) is 0 Å². The van der Waals surface area contributed by atoms with Gasteiger partial charge < -0.3 is 0 Å². The molecule has 1 nitrogen and oxygen atoms in total. The van der Waals surface area contributed by atoms with Gasteiger partial charge in [-0.15, -0.1) is 58.8 Å². The van der Waals surface area contributed by atoms with Crippen molar-refractivity contribution < 1.29 is 4.79 Å². The van der Waals surface area contributed by atoms with Gasteiger partial charge in [0.2, 0.25) is 0 Å². The number of ketones is 1. The quantitative estimate of drug-likeness (QED) is 0.144. The molecule has 0 amide bonds. The minimum atomic E-state index is 0.265. The maximum Gasteiger partial charge on any atom is 0.153 e. The summed E-state index contributed by atoms with van der Waals surface area (Å²) in [7, 11) is 0. The second-order valence-electron chi connectivity index (χ2n) is 7.67. The fourth-order valence-corrected chi connectivity index (χ4v) is 20.7. The molecule has 0 aromatic heterocycles. The Morgan fingerprint density at radius 3 is 1.31 bits per heavy atom. The van der Waals surface area contributed by atoms with E-state index in [0.717, 1.165) is 11.5 Å². The van der Waals surface area contributed by atoms with Crippen LogP contribution in [0.5, 0.6) is 0 Å². The summed E-state index contributed by atoms with van der Waals surface area (Å²) >= 11 is 36.6. The van der Waals surface area contributed by atoms with E-state index >= 15 is 0 Å². The third-order valence-corrected chi connectivity index (χ3v) is 23.6. The fraction of sp³-hybridized carbons (Fsp3) is 0.320. The Labute approximate surface area is 321 Å². The first kappa shape index (κ1) is 38.0. The Bertz CT molecular complexity index is 1180. The van der Waals surface area contributed by atoms with Crippen molar-refractivity contribution in [3.05, 3.63) is 77.2 Å². The van der Waals surface area contributed by atoms with Crippen LogP contribution in [0, 0.1) is 0 Å². The molecule has 0 bridgehead atoms. The van der Waals surface area contributed by atoms with Crippen molar-refractivity contribution in [3.8, 4) is 0 Å². The smallest absolute Gasteiger partial charge is 0.153 e. The van der Waals surface area contributed by atoms with E-state index in [1.807, 2.05) is 47.0 Å². The van der Waals surface area contributed by atoms with Gasteiger partial charge in [0, 0.05) is 36.2 Å². The lowest BCUT2D eigenvalue weighted by Crippen LogP contribution is -2.04. The van der Waals surface area contributed by atoms with Crippen LogP contribution < -0.4 is 0 Å². The van der Waals surface area contributed by atoms with Gasteiger partial charge in [0.15, 0.2) is 5.78 Å². The van der Waals surface area contributed by atoms with Crippen molar-refractivity contribution in [2.45, 2.75) is 0 Å². The summed E-state index contributed by atoms with van der Waals surface area (Å²) in [5, 5.41) is 0. The van der Waals surface area contributed by atoms with E-state index < -0.39 is 0 Å². The number of hydrogen-bond acceptors (Lipinski definition) is 17. The highest BCUT2D eigenvalue weighted by Gasteiger charge is 2.25. The van der Waals surface area contributed by atoms with Crippen LogP contribution in [0.3, 0.4) is 0 Å². The van der Waals surface area contributed by atoms with Gasteiger partial charge >= 0.3 is 0 Å². The molecule has 0 unspecified atom stereocenters. The number of carbonyl (C=O) groups is 1. The summed E-state index contributed by atoms with van der Waals surface area (Å²) in [6.07, 6.45) is 15.2. The standard InChI is InChI=1S/C25H26OS16/c1-30-22-23(31-2)40-19(39-22)7-5-18-37-16(10-29)21(38-18)33-11-13(26)12-34-25-24(32-3)41-20(42-25)6-4-17-35-14(8-27)15(9-28)36-17/h4-7,27-29H,8-12H2,1-3H3. The molecule has 0 aromatic carbocycles. The molecule has 0 spiro atoms. The van der Waals surface area contributed by atoms with Crippen molar-refractivity contribution in [2.75, 3.05) is 47.5 Å². The molecule has 17 heteroatoms. The number of thiol groups is 3. The molecular weight excluding hydrogens is 829 g/mol. The van der Waals surface area contributed by atoms with E-state index in [9.17, 15) is 4.79 Å². The highest BCUT2D eigenvalue weighted by molar-refractivity contribution is 8.41. The fourth-order valence-electron chi connectivity index (χ4n) is 3.07. The normalized spacial score (nSPS) is 21.5. The lowest BCUT2D eigenvalue weighted by Gasteiger charge is -2.04. The predicted molar refractivity (Wildman–Crippen MR) is 233 cm³/mol. The highest BCUT2D eigenvalue weighted by atomic mass is 32.3. The zero-order chi connectivity index (χ0) is 30.1. The molecule has 4 heterocycles. The van der Waals surface area contributed by atoms with Gasteiger partial charge in [-0.3, -0.25) is 4.79 Å². The largest absolute Gasteiger partial charge is 0.298 e. The first-order chi connectivity index (χ1) is 20.4. The summed E-state index contributed by atoms with van der Waals surface area (Å²) in [5.41, 5.74) is 0. The van der Waals surface area contributed by atoms with Crippen molar-refractivity contribution >= 4 is 197 Å². The number of thioether (sulfide) groups is 13. The SMILES string of the molecule is CSC1=C(SC)SC(=CC=C2SC(CS)=C(SCC(=O)CSC3=C(SC)SC(=CC=C4SC(CS)=C(CS)S4)S3)S2)S1. The van der Waals surface area contributed by atoms with Crippen molar-refractivity contribution in [1.29, 1.82) is 0 Å². The molecule has 0 saturated carbocycles. The minimum Gasteiger partial charge on any atom is -0.298 e. The molecule has 0 aromatic rings. The number of rotatable bonds is 14. The maximum absolute atomic E-state index is 12.9. The van der Waals surface area contributed by atoms with Gasteiger partial charge in [0.1, 0.15) is 0 Å². The van der Waals surface area contributed by atoms with Crippen molar-refractivity contribution in [2.24, 2.45) is 0 Å². The van der Waals surface area contributed by atoms with Crippen LogP contribution >= 0.6 is 191 Å². The maximum atomic E-state index is 12.9. The lowest BCUT2D eigenvalue weighted by atomic mass is 10.5. The topological polar surface area (TPSA) is 17.1 Å². The average molecular weight is 856 g/mol. The van der Waals surface area contributed by atoms with Gasteiger partial charge in [-0.05, 0) is 43.1 Å². The Balaban J connectivity index is 1.24. The molecule has 4 aliphatic rings. The highest BCUT2D eigenvalue weighted by Crippen LogP contribution is 2.59. The zero-order valence-corrected chi connectivity index (χ0v) is 35.7. The van der Waals surface area contributed by atoms with Crippen LogP contribution in [0.1, 0.15) is 0 Å². The molecule has 0 aliphatic carbocycles. The molecular formula is C25H26OS16. The molecule has 228 valence electrons.